The number of rotatable bonds is 1. The van der Waals surface area contributed by atoms with Crippen LogP contribution in [-0.4, -0.2) is 53.0 Å². The monoisotopic (exact) mass is 252 g/mol. The maximum Gasteiger partial charge on any atom is 0.410 e. The van der Waals surface area contributed by atoms with Gasteiger partial charge in [-0.05, 0) is 20.8 Å². The molecule has 1 aliphatic heterocycles. The number of nitrogens with zero attached hydrogens (tertiary/aromatic N) is 3. The molecule has 0 bridgehead atoms. The van der Waals surface area contributed by atoms with Crippen LogP contribution < -0.4 is 4.90 Å². The lowest BCUT2D eigenvalue weighted by atomic mass is 10.2. The summed E-state index contributed by atoms with van der Waals surface area (Å²) < 4.78 is 5.35. The molecule has 0 spiro atoms. The summed E-state index contributed by atoms with van der Waals surface area (Å²) >= 11 is 0. The van der Waals surface area contributed by atoms with Crippen LogP contribution in [0.2, 0.25) is 0 Å². The van der Waals surface area contributed by atoms with Crippen molar-refractivity contribution in [3.05, 3.63) is 12.4 Å². The van der Waals surface area contributed by atoms with Gasteiger partial charge in [0.25, 0.3) is 0 Å². The Bertz CT molecular complexity index is 389. The number of amides is 1. The van der Waals surface area contributed by atoms with E-state index in [0.717, 1.165) is 18.8 Å². The van der Waals surface area contributed by atoms with Gasteiger partial charge in [0.2, 0.25) is 0 Å². The van der Waals surface area contributed by atoms with Crippen molar-refractivity contribution in [3.8, 4) is 0 Å². The van der Waals surface area contributed by atoms with Gasteiger partial charge in [0.1, 0.15) is 5.60 Å². The van der Waals surface area contributed by atoms with Gasteiger partial charge in [0, 0.05) is 32.4 Å². The number of piperazine rings is 1. The summed E-state index contributed by atoms with van der Waals surface area (Å²) in [4.78, 5) is 15.8. The second kappa shape index (κ2) is 4.88. The van der Waals surface area contributed by atoms with E-state index in [1.54, 1.807) is 11.1 Å². The van der Waals surface area contributed by atoms with Gasteiger partial charge in [-0.15, -0.1) is 0 Å². The van der Waals surface area contributed by atoms with Crippen molar-refractivity contribution in [2.45, 2.75) is 26.4 Å². The molecular weight excluding hydrogens is 232 g/mol. The van der Waals surface area contributed by atoms with E-state index in [1.165, 1.54) is 0 Å². The number of aromatic amines is 1. The van der Waals surface area contributed by atoms with Crippen molar-refractivity contribution >= 4 is 11.8 Å². The number of hydrogen-bond acceptors (Lipinski definition) is 4. The van der Waals surface area contributed by atoms with Crippen LogP contribution in [0, 0.1) is 0 Å². The quantitative estimate of drug-likeness (QED) is 0.822. The maximum absolute atomic E-state index is 11.9. The van der Waals surface area contributed by atoms with Crippen LogP contribution in [0.25, 0.3) is 0 Å². The molecule has 0 atom stereocenters. The minimum Gasteiger partial charge on any atom is -0.444 e. The minimum atomic E-state index is -0.432. The molecule has 100 valence electrons. The molecule has 1 aromatic heterocycles. The molecule has 0 aliphatic carbocycles. The smallest absolute Gasteiger partial charge is 0.410 e. The molecule has 0 unspecified atom stereocenters. The summed E-state index contributed by atoms with van der Waals surface area (Å²) in [7, 11) is 0. The Balaban J connectivity index is 1.85. The molecule has 2 rings (SSSR count). The summed E-state index contributed by atoms with van der Waals surface area (Å²) in [5.41, 5.74) is 0.637. The molecule has 6 heteroatoms. The number of H-pyrrole nitrogens is 1. The van der Waals surface area contributed by atoms with E-state index in [9.17, 15) is 4.79 Å². The third-order valence-electron chi connectivity index (χ3n) is 2.78. The average Bonchev–Trinajstić information content (AvgIpc) is 2.80. The van der Waals surface area contributed by atoms with Crippen LogP contribution in [0.1, 0.15) is 20.8 Å². The lowest BCUT2D eigenvalue weighted by Gasteiger charge is -2.36. The molecule has 1 amide bonds. The highest BCUT2D eigenvalue weighted by Crippen LogP contribution is 2.16. The Labute approximate surface area is 107 Å². The second-order valence-corrected chi connectivity index (χ2v) is 5.41. The highest BCUT2D eigenvalue weighted by molar-refractivity contribution is 5.68. The van der Waals surface area contributed by atoms with Gasteiger partial charge in [0.15, 0.2) is 0 Å². The zero-order valence-electron chi connectivity index (χ0n) is 11.1. The zero-order valence-corrected chi connectivity index (χ0v) is 11.1. The fraction of sp³-hybridized carbons (Fsp3) is 0.667. The number of anilines is 1. The van der Waals surface area contributed by atoms with Gasteiger partial charge < -0.3 is 14.5 Å². The summed E-state index contributed by atoms with van der Waals surface area (Å²) in [5.74, 6) is 0. The van der Waals surface area contributed by atoms with Crippen molar-refractivity contribution < 1.29 is 9.53 Å². The van der Waals surface area contributed by atoms with Crippen LogP contribution in [0.5, 0.6) is 0 Å². The van der Waals surface area contributed by atoms with Gasteiger partial charge in [-0.1, -0.05) is 0 Å². The predicted octanol–water partition coefficient (Wildman–Crippen LogP) is 1.47. The number of carbonyl (C=O) groups excluding carboxylic acids is 1. The number of carbonyl (C=O) groups is 1. The molecule has 0 radical (unpaired) electrons. The number of hydrogen-bond donors (Lipinski definition) is 1. The number of nitrogens with one attached hydrogen (secondary N) is 1. The highest BCUT2D eigenvalue weighted by Gasteiger charge is 2.25. The Kier molecular flexibility index (Phi) is 3.45. The molecule has 1 aliphatic rings. The first-order chi connectivity index (χ1) is 8.46. The van der Waals surface area contributed by atoms with Crippen molar-refractivity contribution in [1.82, 2.24) is 15.1 Å². The summed E-state index contributed by atoms with van der Waals surface area (Å²) in [6, 6.07) is 0. The number of aromatic nitrogens is 2. The minimum absolute atomic E-state index is 0.227. The molecule has 1 fully saturated rings. The van der Waals surface area contributed by atoms with E-state index in [0.29, 0.717) is 13.1 Å². The number of ether oxygens (including phenoxy) is 1. The topological polar surface area (TPSA) is 61.5 Å². The van der Waals surface area contributed by atoms with E-state index in [2.05, 4.69) is 15.1 Å². The standard InChI is InChI=1S/C12H20N4O2/c1-12(2,3)18-11(17)16-6-4-15(5-7-16)10-8-13-14-9-10/h8-9H,4-7H2,1-3H3,(H,13,14). The molecular formula is C12H20N4O2. The summed E-state index contributed by atoms with van der Waals surface area (Å²) in [5, 5.41) is 6.72. The fourth-order valence-corrected chi connectivity index (χ4v) is 1.89. The van der Waals surface area contributed by atoms with E-state index in [1.807, 2.05) is 27.0 Å². The van der Waals surface area contributed by atoms with Gasteiger partial charge in [0.05, 0.1) is 11.9 Å². The molecule has 1 aromatic rings. The zero-order chi connectivity index (χ0) is 13.2. The molecule has 18 heavy (non-hydrogen) atoms. The molecule has 6 nitrogen and oxygen atoms in total. The molecule has 2 heterocycles. The molecule has 1 saturated heterocycles. The SMILES string of the molecule is CC(C)(C)OC(=O)N1CCN(c2cn[nH]c2)CC1. The Morgan fingerprint density at radius 1 is 1.33 bits per heavy atom. The molecule has 0 saturated carbocycles. The van der Waals surface area contributed by atoms with E-state index in [-0.39, 0.29) is 6.09 Å². The molecule has 1 N–H and O–H groups in total. The first kappa shape index (κ1) is 12.7. The van der Waals surface area contributed by atoms with Crippen LogP contribution in [0.4, 0.5) is 10.5 Å². The van der Waals surface area contributed by atoms with Crippen molar-refractivity contribution in [2.75, 3.05) is 31.1 Å². The van der Waals surface area contributed by atoms with Crippen molar-refractivity contribution in [2.24, 2.45) is 0 Å². The van der Waals surface area contributed by atoms with Crippen LogP contribution in [0.3, 0.4) is 0 Å². The average molecular weight is 252 g/mol. The normalized spacial score (nSPS) is 16.8. The van der Waals surface area contributed by atoms with Gasteiger partial charge in [-0.2, -0.15) is 5.10 Å². The van der Waals surface area contributed by atoms with Gasteiger partial charge in [-0.25, -0.2) is 4.79 Å². The van der Waals surface area contributed by atoms with Gasteiger partial charge in [-0.3, -0.25) is 5.10 Å². The van der Waals surface area contributed by atoms with E-state index < -0.39 is 5.60 Å². The lowest BCUT2D eigenvalue weighted by Crippen LogP contribution is -2.50. The van der Waals surface area contributed by atoms with Crippen LogP contribution in [0.15, 0.2) is 12.4 Å². The van der Waals surface area contributed by atoms with Crippen molar-refractivity contribution in [1.29, 1.82) is 0 Å². The largest absolute Gasteiger partial charge is 0.444 e. The van der Waals surface area contributed by atoms with Gasteiger partial charge >= 0.3 is 6.09 Å². The van der Waals surface area contributed by atoms with Crippen molar-refractivity contribution in [3.63, 3.8) is 0 Å². The second-order valence-electron chi connectivity index (χ2n) is 5.41. The maximum atomic E-state index is 11.9. The highest BCUT2D eigenvalue weighted by atomic mass is 16.6. The van der Waals surface area contributed by atoms with Crippen LogP contribution in [-0.2, 0) is 4.74 Å². The summed E-state index contributed by atoms with van der Waals surface area (Å²) in [6.07, 6.45) is 3.43. The van der Waals surface area contributed by atoms with E-state index >= 15 is 0 Å². The lowest BCUT2D eigenvalue weighted by molar-refractivity contribution is 0.0240. The third-order valence-corrected chi connectivity index (χ3v) is 2.78. The molecule has 0 aromatic carbocycles. The van der Waals surface area contributed by atoms with Crippen LogP contribution >= 0.6 is 0 Å². The van der Waals surface area contributed by atoms with E-state index in [4.69, 9.17) is 4.74 Å². The first-order valence-electron chi connectivity index (χ1n) is 6.17. The third kappa shape index (κ3) is 3.15. The Morgan fingerprint density at radius 2 is 2.00 bits per heavy atom. The first-order valence-corrected chi connectivity index (χ1v) is 6.17. The predicted molar refractivity (Wildman–Crippen MR) is 68.6 cm³/mol. The Hall–Kier alpha value is -1.72. The fourth-order valence-electron chi connectivity index (χ4n) is 1.89. The summed E-state index contributed by atoms with van der Waals surface area (Å²) in [6.45, 7) is 8.61. The Morgan fingerprint density at radius 3 is 2.50 bits per heavy atom.